The van der Waals surface area contributed by atoms with Gasteiger partial charge in [-0.05, 0) is 25.3 Å². The van der Waals surface area contributed by atoms with Gasteiger partial charge in [-0.15, -0.1) is 0 Å². The molecular formula is C19H22N2O5. The molecule has 0 aromatic heterocycles. The van der Waals surface area contributed by atoms with Gasteiger partial charge in [-0.2, -0.15) is 0 Å². The van der Waals surface area contributed by atoms with Gasteiger partial charge in [0.15, 0.2) is 0 Å². The summed E-state index contributed by atoms with van der Waals surface area (Å²) >= 11 is 0. The van der Waals surface area contributed by atoms with Crippen LogP contribution < -0.4 is 10.6 Å². The highest BCUT2D eigenvalue weighted by atomic mass is 16.5. The van der Waals surface area contributed by atoms with Crippen LogP contribution in [-0.2, 0) is 19.1 Å². The molecule has 7 nitrogen and oxygen atoms in total. The first kappa shape index (κ1) is 18.0. The molecule has 1 heterocycles. The Labute approximate surface area is 151 Å². The van der Waals surface area contributed by atoms with Crippen molar-refractivity contribution in [2.45, 2.75) is 32.2 Å². The Morgan fingerprint density at radius 3 is 2.50 bits per heavy atom. The molecular weight excluding hydrogens is 336 g/mol. The Bertz CT molecular complexity index is 725. The van der Waals surface area contributed by atoms with Crippen molar-refractivity contribution in [3.8, 4) is 0 Å². The van der Waals surface area contributed by atoms with E-state index in [0.29, 0.717) is 0 Å². The zero-order valence-electron chi connectivity index (χ0n) is 14.6. The molecule has 1 fully saturated rings. The average molecular weight is 358 g/mol. The Balaban J connectivity index is 1.88. The minimum absolute atomic E-state index is 0.0796. The summed E-state index contributed by atoms with van der Waals surface area (Å²) in [6.45, 7) is 1.74. The summed E-state index contributed by atoms with van der Waals surface area (Å²) in [5, 5.41) is 5.32. The lowest BCUT2D eigenvalue weighted by Gasteiger charge is -2.30. The quantitative estimate of drug-likeness (QED) is 0.761. The van der Waals surface area contributed by atoms with Crippen LogP contribution in [-0.4, -0.2) is 31.2 Å². The summed E-state index contributed by atoms with van der Waals surface area (Å²) < 4.78 is 10.5. The number of nitrogens with one attached hydrogen (secondary N) is 2. The van der Waals surface area contributed by atoms with Crippen molar-refractivity contribution in [1.29, 1.82) is 0 Å². The summed E-state index contributed by atoms with van der Waals surface area (Å²) in [6.07, 6.45) is 2.67. The minimum Gasteiger partial charge on any atom is -0.463 e. The number of rotatable bonds is 6. The molecule has 0 saturated heterocycles. The third kappa shape index (κ3) is 3.87. The van der Waals surface area contributed by atoms with Crippen LogP contribution in [0, 0.1) is 5.92 Å². The van der Waals surface area contributed by atoms with Gasteiger partial charge in [-0.1, -0.05) is 36.8 Å². The second-order valence-electron chi connectivity index (χ2n) is 6.29. The third-order valence-corrected chi connectivity index (χ3v) is 4.58. The summed E-state index contributed by atoms with van der Waals surface area (Å²) in [5.74, 6) is -0.927. The maximum Gasteiger partial charge on any atom is 0.338 e. The molecule has 138 valence electrons. The van der Waals surface area contributed by atoms with E-state index >= 15 is 0 Å². The van der Waals surface area contributed by atoms with Gasteiger partial charge in [0.1, 0.15) is 6.61 Å². The third-order valence-electron chi connectivity index (χ3n) is 4.58. The highest BCUT2D eigenvalue weighted by Gasteiger charge is 2.35. The molecule has 1 aromatic carbocycles. The number of carbonyl (C=O) groups excluding carboxylic acids is 3. The zero-order chi connectivity index (χ0) is 18.5. The molecule has 1 aromatic rings. The van der Waals surface area contributed by atoms with Crippen molar-refractivity contribution in [3.05, 3.63) is 47.2 Å². The van der Waals surface area contributed by atoms with Crippen LogP contribution in [0.3, 0.4) is 0 Å². The molecule has 1 saturated carbocycles. The molecule has 7 heteroatoms. The molecule has 26 heavy (non-hydrogen) atoms. The SMILES string of the molecule is CCOC(=O)C1=C(COC(=O)C2CCC2)NC(=O)N[C@@H]1c1ccccc1. The fraction of sp³-hybridized carbons (Fsp3) is 0.421. The van der Waals surface area contributed by atoms with E-state index in [1.54, 1.807) is 6.92 Å². The smallest absolute Gasteiger partial charge is 0.338 e. The number of ether oxygens (including phenoxy) is 2. The van der Waals surface area contributed by atoms with Crippen molar-refractivity contribution in [1.82, 2.24) is 10.6 Å². The van der Waals surface area contributed by atoms with E-state index in [-0.39, 0.29) is 36.4 Å². The van der Waals surface area contributed by atoms with Crippen LogP contribution in [0.1, 0.15) is 37.8 Å². The van der Waals surface area contributed by atoms with Crippen molar-refractivity contribution in [3.63, 3.8) is 0 Å². The van der Waals surface area contributed by atoms with Crippen LogP contribution in [0.15, 0.2) is 41.6 Å². The molecule has 2 aliphatic rings. The van der Waals surface area contributed by atoms with Crippen LogP contribution in [0.5, 0.6) is 0 Å². The zero-order valence-corrected chi connectivity index (χ0v) is 14.6. The second kappa shape index (κ2) is 8.03. The van der Waals surface area contributed by atoms with Gasteiger partial charge in [0.2, 0.25) is 0 Å². The molecule has 1 aliphatic heterocycles. The second-order valence-corrected chi connectivity index (χ2v) is 6.29. The number of carbonyl (C=O) groups is 3. The maximum atomic E-state index is 12.5. The van der Waals surface area contributed by atoms with E-state index in [1.165, 1.54) is 0 Å². The number of esters is 2. The molecule has 2 amide bonds. The lowest BCUT2D eigenvalue weighted by atomic mass is 9.86. The Hall–Kier alpha value is -2.83. The Kier molecular flexibility index (Phi) is 5.55. The van der Waals surface area contributed by atoms with Crippen LogP contribution in [0.2, 0.25) is 0 Å². The fourth-order valence-electron chi connectivity index (χ4n) is 2.98. The van der Waals surface area contributed by atoms with Gasteiger partial charge in [0.05, 0.1) is 29.8 Å². The average Bonchev–Trinajstić information content (AvgIpc) is 2.58. The summed E-state index contributed by atoms with van der Waals surface area (Å²) in [5.41, 5.74) is 1.25. The number of benzene rings is 1. The number of hydrogen-bond acceptors (Lipinski definition) is 5. The number of amides is 2. The molecule has 1 aliphatic carbocycles. The first-order chi connectivity index (χ1) is 12.6. The van der Waals surface area contributed by atoms with Gasteiger partial charge in [0, 0.05) is 0 Å². The molecule has 0 spiro atoms. The first-order valence-electron chi connectivity index (χ1n) is 8.79. The minimum atomic E-state index is -0.665. The van der Waals surface area contributed by atoms with Crippen LogP contribution in [0.25, 0.3) is 0 Å². The normalized spacial score (nSPS) is 19.9. The standard InChI is InChI=1S/C19H22N2O5/c1-2-25-18(23)15-14(11-26-17(22)13-9-6-10-13)20-19(24)21-16(15)12-7-4-3-5-8-12/h3-5,7-8,13,16H,2,6,9-11H2,1H3,(H2,20,21,24)/t16-/m1/s1. The van der Waals surface area contributed by atoms with Crippen molar-refractivity contribution in [2.75, 3.05) is 13.2 Å². The number of hydrogen-bond donors (Lipinski definition) is 2. The predicted molar refractivity (Wildman–Crippen MR) is 92.8 cm³/mol. The molecule has 0 unspecified atom stereocenters. The van der Waals surface area contributed by atoms with E-state index in [9.17, 15) is 14.4 Å². The Morgan fingerprint density at radius 1 is 1.15 bits per heavy atom. The first-order valence-corrected chi connectivity index (χ1v) is 8.79. The van der Waals surface area contributed by atoms with E-state index in [4.69, 9.17) is 9.47 Å². The van der Waals surface area contributed by atoms with Crippen molar-refractivity contribution in [2.24, 2.45) is 5.92 Å². The van der Waals surface area contributed by atoms with E-state index in [0.717, 1.165) is 24.8 Å². The molecule has 1 atom stereocenters. The highest BCUT2D eigenvalue weighted by molar-refractivity contribution is 5.95. The summed E-state index contributed by atoms with van der Waals surface area (Å²) in [7, 11) is 0. The van der Waals surface area contributed by atoms with E-state index < -0.39 is 18.0 Å². The van der Waals surface area contributed by atoms with Crippen molar-refractivity contribution >= 4 is 18.0 Å². The lowest BCUT2D eigenvalue weighted by molar-refractivity contribution is -0.150. The van der Waals surface area contributed by atoms with Gasteiger partial charge >= 0.3 is 18.0 Å². The van der Waals surface area contributed by atoms with Crippen molar-refractivity contribution < 1.29 is 23.9 Å². The van der Waals surface area contributed by atoms with E-state index in [2.05, 4.69) is 10.6 Å². The monoisotopic (exact) mass is 358 g/mol. The molecule has 0 radical (unpaired) electrons. The van der Waals surface area contributed by atoms with Crippen LogP contribution >= 0.6 is 0 Å². The predicted octanol–water partition coefficient (Wildman–Crippen LogP) is 2.20. The molecule has 3 rings (SSSR count). The van der Waals surface area contributed by atoms with Gasteiger partial charge in [-0.25, -0.2) is 9.59 Å². The maximum absolute atomic E-state index is 12.5. The largest absolute Gasteiger partial charge is 0.463 e. The van der Waals surface area contributed by atoms with Gasteiger partial charge in [-0.3, -0.25) is 4.79 Å². The van der Waals surface area contributed by atoms with Crippen LogP contribution in [0.4, 0.5) is 4.79 Å². The Morgan fingerprint density at radius 2 is 1.88 bits per heavy atom. The molecule has 2 N–H and O–H groups in total. The molecule has 0 bridgehead atoms. The number of urea groups is 1. The summed E-state index contributed by atoms with van der Waals surface area (Å²) in [6, 6.07) is 8.00. The summed E-state index contributed by atoms with van der Waals surface area (Å²) in [4.78, 5) is 36.6. The van der Waals surface area contributed by atoms with Gasteiger partial charge < -0.3 is 20.1 Å². The highest BCUT2D eigenvalue weighted by Crippen LogP contribution is 2.30. The van der Waals surface area contributed by atoms with Gasteiger partial charge in [0.25, 0.3) is 0 Å². The lowest BCUT2D eigenvalue weighted by Crippen LogP contribution is -2.47. The van der Waals surface area contributed by atoms with E-state index in [1.807, 2.05) is 30.3 Å². The topological polar surface area (TPSA) is 93.7 Å². The fourth-order valence-corrected chi connectivity index (χ4v) is 2.98.